The number of benzene rings is 2. The number of H-pyrrole nitrogens is 1. The lowest BCUT2D eigenvalue weighted by atomic mass is 10.0. The van der Waals surface area contributed by atoms with Crippen LogP contribution >= 0.6 is 0 Å². The number of aromatic amines is 1. The topological polar surface area (TPSA) is 44.9 Å². The van der Waals surface area contributed by atoms with Gasteiger partial charge in [0.15, 0.2) is 0 Å². The van der Waals surface area contributed by atoms with Gasteiger partial charge in [0, 0.05) is 17.3 Å². The Hall–Kier alpha value is -2.55. The van der Waals surface area contributed by atoms with E-state index in [1.807, 2.05) is 42.6 Å². The van der Waals surface area contributed by atoms with Crippen LogP contribution < -0.4 is 5.32 Å². The van der Waals surface area contributed by atoms with Crippen LogP contribution in [0.1, 0.15) is 35.7 Å². The Kier molecular flexibility index (Phi) is 3.48. The summed E-state index contributed by atoms with van der Waals surface area (Å²) in [6.45, 7) is 4.30. The van der Waals surface area contributed by atoms with Crippen LogP contribution in [-0.2, 0) is 0 Å². The van der Waals surface area contributed by atoms with Crippen molar-refractivity contribution in [1.29, 1.82) is 0 Å². The van der Waals surface area contributed by atoms with Crippen LogP contribution in [0.3, 0.4) is 0 Å². The zero-order valence-electron chi connectivity index (χ0n) is 12.2. The van der Waals surface area contributed by atoms with Crippen LogP contribution in [0.15, 0.2) is 54.7 Å². The first-order chi connectivity index (χ1) is 10.1. The fourth-order valence-corrected chi connectivity index (χ4v) is 2.42. The Morgan fingerprint density at radius 3 is 2.52 bits per heavy atom. The van der Waals surface area contributed by atoms with Crippen LogP contribution in [0.4, 0.5) is 5.69 Å². The first kappa shape index (κ1) is 13.4. The van der Waals surface area contributed by atoms with Crippen LogP contribution in [0, 0.1) is 0 Å². The zero-order chi connectivity index (χ0) is 14.8. The molecule has 0 fully saturated rings. The summed E-state index contributed by atoms with van der Waals surface area (Å²) < 4.78 is 0. The lowest BCUT2D eigenvalue weighted by molar-refractivity contribution is 0.102. The summed E-state index contributed by atoms with van der Waals surface area (Å²) in [5.41, 5.74) is 3.60. The highest BCUT2D eigenvalue weighted by Crippen LogP contribution is 2.20. The van der Waals surface area contributed by atoms with E-state index in [0.717, 1.165) is 16.6 Å². The summed E-state index contributed by atoms with van der Waals surface area (Å²) >= 11 is 0. The minimum Gasteiger partial charge on any atom is -0.361 e. The smallest absolute Gasteiger partial charge is 0.257 e. The van der Waals surface area contributed by atoms with E-state index in [1.165, 1.54) is 5.56 Å². The molecule has 1 amide bonds. The molecule has 0 aliphatic rings. The van der Waals surface area contributed by atoms with Gasteiger partial charge in [0.05, 0.1) is 11.1 Å². The molecule has 1 heterocycles. The second-order valence-corrected chi connectivity index (χ2v) is 5.48. The van der Waals surface area contributed by atoms with Gasteiger partial charge in [0.2, 0.25) is 0 Å². The molecule has 106 valence electrons. The number of anilines is 1. The Balaban J connectivity index is 1.84. The SMILES string of the molecule is CC(C)c1ccc(NC(=O)c2cccc3cc[nH]c23)cc1. The molecule has 3 aromatic rings. The molecule has 3 nitrogen and oxygen atoms in total. The molecule has 1 aromatic heterocycles. The zero-order valence-corrected chi connectivity index (χ0v) is 12.2. The van der Waals surface area contributed by atoms with E-state index in [0.29, 0.717) is 11.5 Å². The molecule has 3 heteroatoms. The minimum atomic E-state index is -0.0969. The monoisotopic (exact) mass is 278 g/mol. The first-order valence-electron chi connectivity index (χ1n) is 7.12. The molecule has 3 rings (SSSR count). The van der Waals surface area contributed by atoms with Gasteiger partial charge in [-0.1, -0.05) is 38.1 Å². The summed E-state index contributed by atoms with van der Waals surface area (Å²) in [5.74, 6) is 0.391. The van der Waals surface area contributed by atoms with Crippen LogP contribution in [0.5, 0.6) is 0 Å². The maximum Gasteiger partial charge on any atom is 0.257 e. The largest absolute Gasteiger partial charge is 0.361 e. The van der Waals surface area contributed by atoms with E-state index >= 15 is 0 Å². The molecule has 0 aliphatic heterocycles. The second kappa shape index (κ2) is 5.44. The lowest BCUT2D eigenvalue weighted by Crippen LogP contribution is -2.12. The van der Waals surface area contributed by atoms with Crippen LogP contribution in [0.2, 0.25) is 0 Å². The Bertz CT molecular complexity index is 769. The summed E-state index contributed by atoms with van der Waals surface area (Å²) in [6.07, 6.45) is 1.85. The minimum absolute atomic E-state index is 0.0969. The van der Waals surface area contributed by atoms with Crippen molar-refractivity contribution >= 4 is 22.5 Å². The van der Waals surface area contributed by atoms with Crippen molar-refractivity contribution in [1.82, 2.24) is 4.98 Å². The van der Waals surface area contributed by atoms with Gasteiger partial charge >= 0.3 is 0 Å². The van der Waals surface area contributed by atoms with Crippen molar-refractivity contribution in [3.05, 3.63) is 65.9 Å². The van der Waals surface area contributed by atoms with Gasteiger partial charge in [0.25, 0.3) is 5.91 Å². The van der Waals surface area contributed by atoms with Crippen molar-refractivity contribution in [2.75, 3.05) is 5.32 Å². The molecule has 0 atom stereocenters. The molecule has 2 N–H and O–H groups in total. The molecule has 0 spiro atoms. The van der Waals surface area contributed by atoms with Gasteiger partial charge in [0.1, 0.15) is 0 Å². The van der Waals surface area contributed by atoms with E-state index in [4.69, 9.17) is 0 Å². The Morgan fingerprint density at radius 2 is 1.81 bits per heavy atom. The van der Waals surface area contributed by atoms with E-state index in [2.05, 4.69) is 36.3 Å². The molecule has 0 bridgehead atoms. The van der Waals surface area contributed by atoms with E-state index in [9.17, 15) is 4.79 Å². The summed E-state index contributed by atoms with van der Waals surface area (Å²) in [4.78, 5) is 15.5. The number of fused-ring (bicyclic) bond motifs is 1. The van der Waals surface area contributed by atoms with E-state index in [1.54, 1.807) is 0 Å². The summed E-state index contributed by atoms with van der Waals surface area (Å²) in [7, 11) is 0. The van der Waals surface area contributed by atoms with Crippen molar-refractivity contribution in [2.24, 2.45) is 0 Å². The van der Waals surface area contributed by atoms with Gasteiger partial charge in [-0.2, -0.15) is 0 Å². The third-order valence-electron chi connectivity index (χ3n) is 3.67. The maximum atomic E-state index is 12.4. The number of para-hydroxylation sites is 1. The molecule has 0 radical (unpaired) electrons. The average molecular weight is 278 g/mol. The molecule has 0 saturated carbocycles. The Morgan fingerprint density at radius 1 is 1.05 bits per heavy atom. The van der Waals surface area contributed by atoms with Gasteiger partial charge < -0.3 is 10.3 Å². The number of rotatable bonds is 3. The lowest BCUT2D eigenvalue weighted by Gasteiger charge is -2.09. The average Bonchev–Trinajstić information content (AvgIpc) is 2.96. The number of nitrogens with one attached hydrogen (secondary N) is 2. The van der Waals surface area contributed by atoms with Crippen molar-refractivity contribution in [3.63, 3.8) is 0 Å². The number of aromatic nitrogens is 1. The number of carbonyl (C=O) groups excluding carboxylic acids is 1. The number of amides is 1. The molecule has 0 saturated heterocycles. The molecule has 0 aliphatic carbocycles. The van der Waals surface area contributed by atoms with E-state index < -0.39 is 0 Å². The van der Waals surface area contributed by atoms with Crippen molar-refractivity contribution < 1.29 is 4.79 Å². The normalized spacial score (nSPS) is 11.0. The number of carbonyl (C=O) groups is 1. The molecule has 21 heavy (non-hydrogen) atoms. The highest BCUT2D eigenvalue weighted by atomic mass is 16.1. The first-order valence-corrected chi connectivity index (χ1v) is 7.12. The van der Waals surface area contributed by atoms with Crippen molar-refractivity contribution in [2.45, 2.75) is 19.8 Å². The third kappa shape index (κ3) is 2.68. The Labute approximate surface area is 124 Å². The highest BCUT2D eigenvalue weighted by Gasteiger charge is 2.11. The van der Waals surface area contributed by atoms with Gasteiger partial charge in [-0.25, -0.2) is 0 Å². The van der Waals surface area contributed by atoms with Crippen molar-refractivity contribution in [3.8, 4) is 0 Å². The highest BCUT2D eigenvalue weighted by molar-refractivity contribution is 6.11. The fraction of sp³-hybridized carbons (Fsp3) is 0.167. The number of hydrogen-bond acceptors (Lipinski definition) is 1. The van der Waals surface area contributed by atoms with Crippen LogP contribution in [0.25, 0.3) is 10.9 Å². The van der Waals surface area contributed by atoms with Gasteiger partial charge in [-0.3, -0.25) is 4.79 Å². The quantitative estimate of drug-likeness (QED) is 0.725. The molecular weight excluding hydrogens is 260 g/mol. The standard InChI is InChI=1S/C18H18N2O/c1-12(2)13-6-8-15(9-7-13)20-18(21)16-5-3-4-14-10-11-19-17(14)16/h3-12,19H,1-2H3,(H,20,21). The van der Waals surface area contributed by atoms with Crippen LogP contribution in [-0.4, -0.2) is 10.9 Å². The molecular formula is C18H18N2O. The number of hydrogen-bond donors (Lipinski definition) is 2. The predicted molar refractivity (Wildman–Crippen MR) is 86.8 cm³/mol. The molecule has 0 unspecified atom stereocenters. The maximum absolute atomic E-state index is 12.4. The summed E-state index contributed by atoms with van der Waals surface area (Å²) in [5, 5.41) is 3.99. The fourth-order valence-electron chi connectivity index (χ4n) is 2.42. The molecule has 2 aromatic carbocycles. The third-order valence-corrected chi connectivity index (χ3v) is 3.67. The van der Waals surface area contributed by atoms with Gasteiger partial charge in [-0.15, -0.1) is 0 Å². The van der Waals surface area contributed by atoms with Gasteiger partial charge in [-0.05, 0) is 35.7 Å². The summed E-state index contributed by atoms with van der Waals surface area (Å²) in [6, 6.07) is 15.7. The second-order valence-electron chi connectivity index (χ2n) is 5.48. The van der Waals surface area contributed by atoms with E-state index in [-0.39, 0.29) is 5.91 Å². The predicted octanol–water partition coefficient (Wildman–Crippen LogP) is 4.54.